The van der Waals surface area contributed by atoms with E-state index < -0.39 is 18.2 Å². The molecule has 0 bridgehead atoms. The predicted octanol–water partition coefficient (Wildman–Crippen LogP) is 0.942. The molecule has 3 N–H and O–H groups in total. The number of hydrogen-bond donors (Lipinski definition) is 3. The van der Waals surface area contributed by atoms with Gasteiger partial charge in [0.05, 0.1) is 12.2 Å². The normalized spacial score (nSPS) is 24.3. The largest absolute Gasteiger partial charge is 0.479 e. The fourth-order valence-corrected chi connectivity index (χ4v) is 2.21. The van der Waals surface area contributed by atoms with Crippen LogP contribution in [0.1, 0.15) is 24.5 Å². The smallest absolute Gasteiger partial charge is 0.332 e. The van der Waals surface area contributed by atoms with Crippen molar-refractivity contribution in [2.45, 2.75) is 31.2 Å². The third-order valence-corrected chi connectivity index (χ3v) is 3.28. The maximum absolute atomic E-state index is 10.7. The molecule has 0 aliphatic carbocycles. The number of benzene rings is 1. The van der Waals surface area contributed by atoms with Crippen LogP contribution in [-0.2, 0) is 9.53 Å². The molecule has 1 aliphatic rings. The summed E-state index contributed by atoms with van der Waals surface area (Å²) < 4.78 is 5.37. The first kappa shape index (κ1) is 14.0. The van der Waals surface area contributed by atoms with Crippen molar-refractivity contribution in [3.63, 3.8) is 0 Å². The molecule has 1 saturated heterocycles. The zero-order chi connectivity index (χ0) is 13.7. The molecule has 1 heterocycles. The van der Waals surface area contributed by atoms with Crippen LogP contribution >= 0.6 is 0 Å². The Hall–Kier alpha value is -1.43. The van der Waals surface area contributed by atoms with Crippen molar-refractivity contribution >= 4 is 5.97 Å². The Bertz CT molecular complexity index is 409. The van der Waals surface area contributed by atoms with E-state index in [1.807, 2.05) is 30.3 Å². The summed E-state index contributed by atoms with van der Waals surface area (Å²) in [5.74, 6) is -0.896. The van der Waals surface area contributed by atoms with Crippen LogP contribution in [0, 0.1) is 0 Å². The topological polar surface area (TPSA) is 78.8 Å². The molecule has 0 aromatic heterocycles. The number of carbonyl (C=O) groups is 1. The lowest BCUT2D eigenvalue weighted by molar-refractivity contribution is -0.149. The number of aliphatic carboxylic acids is 1. The SMILES string of the molecule is O=C(O)C1CCC(CNCC(O)c2ccccc2)O1. The van der Waals surface area contributed by atoms with Gasteiger partial charge in [-0.25, -0.2) is 4.79 Å². The molecule has 3 atom stereocenters. The van der Waals surface area contributed by atoms with Gasteiger partial charge in [0.15, 0.2) is 6.10 Å². The van der Waals surface area contributed by atoms with Crippen LogP contribution in [0.25, 0.3) is 0 Å². The minimum atomic E-state index is -0.896. The van der Waals surface area contributed by atoms with E-state index >= 15 is 0 Å². The number of carboxylic acids is 1. The molecule has 19 heavy (non-hydrogen) atoms. The second kappa shape index (κ2) is 6.65. The Morgan fingerprint density at radius 3 is 2.74 bits per heavy atom. The Morgan fingerprint density at radius 1 is 1.37 bits per heavy atom. The zero-order valence-corrected chi connectivity index (χ0v) is 10.7. The van der Waals surface area contributed by atoms with Crippen LogP contribution in [0.5, 0.6) is 0 Å². The van der Waals surface area contributed by atoms with Crippen molar-refractivity contribution in [1.82, 2.24) is 5.32 Å². The first-order chi connectivity index (χ1) is 9.16. The van der Waals surface area contributed by atoms with Crippen LogP contribution in [0.3, 0.4) is 0 Å². The molecule has 1 aromatic rings. The molecule has 2 rings (SSSR count). The van der Waals surface area contributed by atoms with Gasteiger partial charge in [0, 0.05) is 13.1 Å². The van der Waals surface area contributed by atoms with E-state index in [0.717, 1.165) is 12.0 Å². The van der Waals surface area contributed by atoms with Gasteiger partial charge in [0.1, 0.15) is 0 Å². The lowest BCUT2D eigenvalue weighted by atomic mass is 10.1. The first-order valence-corrected chi connectivity index (χ1v) is 6.49. The lowest BCUT2D eigenvalue weighted by Gasteiger charge is -2.15. The zero-order valence-electron chi connectivity index (χ0n) is 10.7. The second-order valence-electron chi connectivity index (χ2n) is 4.75. The summed E-state index contributed by atoms with van der Waals surface area (Å²) >= 11 is 0. The summed E-state index contributed by atoms with van der Waals surface area (Å²) in [4.78, 5) is 10.7. The molecule has 3 unspecified atom stereocenters. The van der Waals surface area contributed by atoms with Crippen LogP contribution < -0.4 is 5.32 Å². The highest BCUT2D eigenvalue weighted by atomic mass is 16.5. The standard InChI is InChI=1S/C14H19NO4/c16-12(10-4-2-1-3-5-10)9-15-8-11-6-7-13(19-11)14(17)18/h1-5,11-13,15-16H,6-9H2,(H,17,18). The lowest BCUT2D eigenvalue weighted by Crippen LogP contribution is -2.31. The minimum Gasteiger partial charge on any atom is -0.479 e. The molecule has 0 saturated carbocycles. The average Bonchev–Trinajstić information content (AvgIpc) is 2.89. The molecule has 5 heteroatoms. The van der Waals surface area contributed by atoms with Crippen molar-refractivity contribution in [2.75, 3.05) is 13.1 Å². The number of aliphatic hydroxyl groups is 1. The van der Waals surface area contributed by atoms with Gasteiger partial charge >= 0.3 is 5.97 Å². The van der Waals surface area contributed by atoms with Gasteiger partial charge in [-0.05, 0) is 18.4 Å². The van der Waals surface area contributed by atoms with E-state index in [9.17, 15) is 9.90 Å². The van der Waals surface area contributed by atoms with Crippen LogP contribution in [0.2, 0.25) is 0 Å². The number of aliphatic hydroxyl groups excluding tert-OH is 1. The third-order valence-electron chi connectivity index (χ3n) is 3.28. The maximum atomic E-state index is 10.7. The maximum Gasteiger partial charge on any atom is 0.332 e. The van der Waals surface area contributed by atoms with Gasteiger partial charge in [0.25, 0.3) is 0 Å². The molecule has 0 amide bonds. The molecule has 1 aromatic carbocycles. The molecular formula is C14H19NO4. The van der Waals surface area contributed by atoms with E-state index in [4.69, 9.17) is 9.84 Å². The molecule has 0 spiro atoms. The highest BCUT2D eigenvalue weighted by Gasteiger charge is 2.30. The van der Waals surface area contributed by atoms with Crippen molar-refractivity contribution < 1.29 is 19.7 Å². The van der Waals surface area contributed by atoms with Gasteiger partial charge in [-0.3, -0.25) is 0 Å². The van der Waals surface area contributed by atoms with Gasteiger partial charge < -0.3 is 20.3 Å². The minimum absolute atomic E-state index is 0.0796. The third kappa shape index (κ3) is 4.02. The summed E-state index contributed by atoms with van der Waals surface area (Å²) in [6.07, 6.45) is -0.0123. The van der Waals surface area contributed by atoms with Gasteiger partial charge in [-0.15, -0.1) is 0 Å². The summed E-state index contributed by atoms with van der Waals surface area (Å²) in [6, 6.07) is 9.42. The highest BCUT2D eigenvalue weighted by molar-refractivity contribution is 5.72. The Labute approximate surface area is 112 Å². The van der Waals surface area contributed by atoms with Crippen molar-refractivity contribution in [3.8, 4) is 0 Å². The summed E-state index contributed by atoms with van der Waals surface area (Å²) in [5.41, 5.74) is 0.866. The second-order valence-corrected chi connectivity index (χ2v) is 4.75. The average molecular weight is 265 g/mol. The Morgan fingerprint density at radius 2 is 2.11 bits per heavy atom. The number of hydrogen-bond acceptors (Lipinski definition) is 4. The monoisotopic (exact) mass is 265 g/mol. The van der Waals surface area contributed by atoms with E-state index in [1.54, 1.807) is 0 Å². The van der Waals surface area contributed by atoms with E-state index in [2.05, 4.69) is 5.32 Å². The molecule has 0 radical (unpaired) electrons. The summed E-state index contributed by atoms with van der Waals surface area (Å²) in [5, 5.41) is 21.9. The molecule has 5 nitrogen and oxygen atoms in total. The van der Waals surface area contributed by atoms with Crippen LogP contribution in [-0.4, -0.2) is 41.5 Å². The van der Waals surface area contributed by atoms with E-state index in [0.29, 0.717) is 19.5 Å². The number of rotatable bonds is 6. The number of nitrogens with one attached hydrogen (secondary N) is 1. The predicted molar refractivity (Wildman–Crippen MR) is 69.8 cm³/mol. The van der Waals surface area contributed by atoms with Crippen molar-refractivity contribution in [2.24, 2.45) is 0 Å². The Kier molecular flexibility index (Phi) is 4.90. The molecule has 1 fully saturated rings. The first-order valence-electron chi connectivity index (χ1n) is 6.49. The quantitative estimate of drug-likeness (QED) is 0.713. The fourth-order valence-electron chi connectivity index (χ4n) is 2.21. The Balaban J connectivity index is 1.69. The molecular weight excluding hydrogens is 246 g/mol. The van der Waals surface area contributed by atoms with Crippen molar-refractivity contribution in [3.05, 3.63) is 35.9 Å². The number of ether oxygens (including phenoxy) is 1. The van der Waals surface area contributed by atoms with Gasteiger partial charge in [-0.1, -0.05) is 30.3 Å². The van der Waals surface area contributed by atoms with Gasteiger partial charge in [-0.2, -0.15) is 0 Å². The molecule has 104 valence electrons. The number of carboxylic acid groups (broad SMARTS) is 1. The van der Waals surface area contributed by atoms with Crippen LogP contribution in [0.15, 0.2) is 30.3 Å². The van der Waals surface area contributed by atoms with Crippen LogP contribution in [0.4, 0.5) is 0 Å². The molecule has 1 aliphatic heterocycles. The fraction of sp³-hybridized carbons (Fsp3) is 0.500. The summed E-state index contributed by atoms with van der Waals surface area (Å²) in [6.45, 7) is 0.995. The van der Waals surface area contributed by atoms with E-state index in [1.165, 1.54) is 0 Å². The summed E-state index contributed by atoms with van der Waals surface area (Å²) in [7, 11) is 0. The highest BCUT2D eigenvalue weighted by Crippen LogP contribution is 2.19. The van der Waals surface area contributed by atoms with Gasteiger partial charge in [0.2, 0.25) is 0 Å². The van der Waals surface area contributed by atoms with E-state index in [-0.39, 0.29) is 6.10 Å². The van der Waals surface area contributed by atoms with Crippen molar-refractivity contribution in [1.29, 1.82) is 0 Å².